The first-order valence-corrected chi connectivity index (χ1v) is 11.2. The van der Waals surface area contributed by atoms with Gasteiger partial charge in [0.1, 0.15) is 5.75 Å². The van der Waals surface area contributed by atoms with E-state index in [2.05, 4.69) is 0 Å². The van der Waals surface area contributed by atoms with Gasteiger partial charge < -0.3 is 36.1 Å². The number of thioether (sulfide) groups is 1. The van der Waals surface area contributed by atoms with Crippen LogP contribution in [0.15, 0.2) is 30.3 Å². The molecule has 0 bridgehead atoms. The van der Waals surface area contributed by atoms with Crippen LogP contribution in [-0.2, 0) is 4.79 Å². The lowest BCUT2D eigenvalue weighted by atomic mass is 10.1. The van der Waals surface area contributed by atoms with E-state index < -0.39 is 11.9 Å². The molecule has 32 heavy (non-hydrogen) atoms. The Morgan fingerprint density at radius 3 is 1.94 bits per heavy atom. The Hall–Kier alpha value is -3.04. The molecule has 0 heterocycles. The number of hydrogen-bond donors (Lipinski definition) is 3. The van der Waals surface area contributed by atoms with E-state index in [-0.39, 0.29) is 0 Å². The summed E-state index contributed by atoms with van der Waals surface area (Å²) < 4.78 is 21.2. The molecule has 0 radical (unpaired) electrons. The van der Waals surface area contributed by atoms with Gasteiger partial charge >= 0.3 is 0 Å². The van der Waals surface area contributed by atoms with E-state index in [0.717, 1.165) is 16.9 Å². The summed E-state index contributed by atoms with van der Waals surface area (Å²) >= 11 is 1.66. The van der Waals surface area contributed by atoms with Gasteiger partial charge in [0.15, 0.2) is 11.5 Å². The average Bonchev–Trinajstić information content (AvgIpc) is 2.80. The zero-order chi connectivity index (χ0) is 24.1. The fraction of sp³-hybridized carbons (Fsp3) is 0.348. The highest BCUT2D eigenvalue weighted by molar-refractivity contribution is 7.98. The number of ether oxygens (including phenoxy) is 4. The van der Waals surface area contributed by atoms with Crippen molar-refractivity contribution in [2.24, 2.45) is 11.5 Å². The number of nitrogen functional groups attached to an aromatic ring is 1. The van der Waals surface area contributed by atoms with Crippen LogP contribution in [0, 0.1) is 0 Å². The summed E-state index contributed by atoms with van der Waals surface area (Å²) in [6.07, 6.45) is 6.55. The molecule has 1 amide bonds. The predicted molar refractivity (Wildman–Crippen MR) is 133 cm³/mol. The predicted octanol–water partition coefficient (Wildman–Crippen LogP) is 3.03. The SMILES string of the molecule is COc1ccc(C=Cc2cc(OC)c(OC)c(OC)c2)cc1N.CSCC[C@H](N)C(N)=O. The Morgan fingerprint density at radius 1 is 0.938 bits per heavy atom. The maximum Gasteiger partial charge on any atom is 0.234 e. The Labute approximate surface area is 194 Å². The van der Waals surface area contributed by atoms with Gasteiger partial charge in [0.05, 0.1) is 40.2 Å². The van der Waals surface area contributed by atoms with Crippen LogP contribution in [0.2, 0.25) is 0 Å². The molecule has 0 fully saturated rings. The molecule has 1 atom stereocenters. The minimum absolute atomic E-state index is 0.413. The number of anilines is 1. The van der Waals surface area contributed by atoms with E-state index in [9.17, 15) is 4.79 Å². The number of benzene rings is 2. The second-order valence-electron chi connectivity index (χ2n) is 6.58. The van der Waals surface area contributed by atoms with Crippen LogP contribution in [0.4, 0.5) is 5.69 Å². The van der Waals surface area contributed by atoms with Gasteiger partial charge in [-0.1, -0.05) is 18.2 Å². The number of primary amides is 1. The van der Waals surface area contributed by atoms with E-state index in [1.165, 1.54) is 0 Å². The van der Waals surface area contributed by atoms with Crippen molar-refractivity contribution in [3.8, 4) is 23.0 Å². The smallest absolute Gasteiger partial charge is 0.234 e. The molecule has 0 aliphatic carbocycles. The molecule has 9 heteroatoms. The Balaban J connectivity index is 0.000000482. The maximum atomic E-state index is 10.3. The summed E-state index contributed by atoms with van der Waals surface area (Å²) in [7, 11) is 6.36. The van der Waals surface area contributed by atoms with Crippen LogP contribution < -0.4 is 36.1 Å². The molecule has 6 N–H and O–H groups in total. The van der Waals surface area contributed by atoms with Crippen LogP contribution in [0.25, 0.3) is 12.2 Å². The van der Waals surface area contributed by atoms with Crippen molar-refractivity contribution < 1.29 is 23.7 Å². The lowest BCUT2D eigenvalue weighted by Crippen LogP contribution is -2.36. The van der Waals surface area contributed by atoms with Crippen molar-refractivity contribution in [1.82, 2.24) is 0 Å². The average molecular weight is 464 g/mol. The lowest BCUT2D eigenvalue weighted by Gasteiger charge is -2.12. The molecule has 8 nitrogen and oxygen atoms in total. The second kappa shape index (κ2) is 14.1. The highest BCUT2D eigenvalue weighted by atomic mass is 32.2. The van der Waals surface area contributed by atoms with Gasteiger partial charge in [-0.3, -0.25) is 4.79 Å². The summed E-state index contributed by atoms with van der Waals surface area (Å²) in [4.78, 5) is 10.3. The fourth-order valence-electron chi connectivity index (χ4n) is 2.63. The van der Waals surface area contributed by atoms with Gasteiger partial charge in [-0.25, -0.2) is 0 Å². The van der Waals surface area contributed by atoms with Gasteiger partial charge in [0.2, 0.25) is 11.7 Å². The van der Waals surface area contributed by atoms with Crippen LogP contribution >= 0.6 is 11.8 Å². The van der Waals surface area contributed by atoms with E-state index in [4.69, 9.17) is 36.1 Å². The highest BCUT2D eigenvalue weighted by Crippen LogP contribution is 2.38. The van der Waals surface area contributed by atoms with Gasteiger partial charge in [-0.15, -0.1) is 0 Å². The minimum atomic E-state index is -0.461. The molecule has 176 valence electrons. The van der Waals surface area contributed by atoms with Gasteiger partial charge in [-0.2, -0.15) is 11.8 Å². The Bertz CT molecular complexity index is 880. The fourth-order valence-corrected chi connectivity index (χ4v) is 3.12. The maximum absolute atomic E-state index is 10.3. The molecule has 0 aliphatic heterocycles. The normalized spacial score (nSPS) is 11.3. The second-order valence-corrected chi connectivity index (χ2v) is 7.57. The number of hydrogen-bond acceptors (Lipinski definition) is 8. The largest absolute Gasteiger partial charge is 0.495 e. The molecular formula is C23H33N3O5S. The molecule has 0 unspecified atom stereocenters. The summed E-state index contributed by atoms with van der Waals surface area (Å²) in [5, 5.41) is 0. The molecule has 0 saturated heterocycles. The van der Waals surface area contributed by atoms with E-state index in [0.29, 0.717) is 35.1 Å². The van der Waals surface area contributed by atoms with Crippen molar-refractivity contribution in [2.75, 3.05) is 46.2 Å². The molecule has 2 rings (SSSR count). The van der Waals surface area contributed by atoms with Crippen molar-refractivity contribution in [3.63, 3.8) is 0 Å². The minimum Gasteiger partial charge on any atom is -0.495 e. The summed E-state index contributed by atoms with van der Waals surface area (Å²) in [5.74, 6) is 2.94. The first kappa shape index (κ1) is 27.0. The quantitative estimate of drug-likeness (QED) is 0.362. The lowest BCUT2D eigenvalue weighted by molar-refractivity contribution is -0.119. The van der Waals surface area contributed by atoms with Crippen molar-refractivity contribution in [1.29, 1.82) is 0 Å². The third-order valence-corrected chi connectivity index (χ3v) is 5.05. The van der Waals surface area contributed by atoms with E-state index in [1.54, 1.807) is 40.2 Å². The molecule has 0 aliphatic rings. The van der Waals surface area contributed by atoms with Crippen LogP contribution in [-0.4, -0.2) is 52.4 Å². The van der Waals surface area contributed by atoms with Crippen molar-refractivity contribution >= 4 is 35.5 Å². The zero-order valence-electron chi connectivity index (χ0n) is 19.2. The van der Waals surface area contributed by atoms with Gasteiger partial charge in [0.25, 0.3) is 0 Å². The Morgan fingerprint density at radius 2 is 1.50 bits per heavy atom. The number of rotatable bonds is 10. The third kappa shape index (κ3) is 8.24. The standard InChI is InChI=1S/C18H21NO4.C5H12N2OS/c1-20-15-8-7-12(9-14(15)19)5-6-13-10-16(21-2)18(23-4)17(11-13)22-3;1-9-3-2-4(6)5(7)8/h5-11H,19H2,1-4H3;4H,2-3,6H2,1H3,(H2,7,8)/t;4-/m.0/s1. The zero-order valence-corrected chi connectivity index (χ0v) is 20.0. The molecule has 2 aromatic rings. The van der Waals surface area contributed by atoms with Gasteiger partial charge in [0, 0.05) is 0 Å². The third-order valence-electron chi connectivity index (χ3n) is 4.41. The first-order valence-electron chi connectivity index (χ1n) is 9.76. The molecule has 2 aromatic carbocycles. The summed E-state index contributed by atoms with van der Waals surface area (Å²) in [6.45, 7) is 0. The highest BCUT2D eigenvalue weighted by Gasteiger charge is 2.12. The first-order chi connectivity index (χ1) is 15.3. The number of carbonyl (C=O) groups excluding carboxylic acids is 1. The van der Waals surface area contributed by atoms with Gasteiger partial charge in [-0.05, 0) is 53.8 Å². The number of amides is 1. The Kier molecular flexibility index (Phi) is 11.9. The molecule has 0 aromatic heterocycles. The van der Waals surface area contributed by atoms with Crippen molar-refractivity contribution in [2.45, 2.75) is 12.5 Å². The van der Waals surface area contributed by atoms with E-state index in [1.807, 2.05) is 48.7 Å². The van der Waals surface area contributed by atoms with Crippen molar-refractivity contribution in [3.05, 3.63) is 41.5 Å². The summed E-state index contributed by atoms with van der Waals surface area (Å²) in [5.41, 5.74) is 18.6. The van der Waals surface area contributed by atoms with Crippen LogP contribution in [0.5, 0.6) is 23.0 Å². The molecule has 0 spiro atoms. The number of carbonyl (C=O) groups is 1. The monoisotopic (exact) mass is 463 g/mol. The van der Waals surface area contributed by atoms with Crippen LogP contribution in [0.1, 0.15) is 17.5 Å². The molecule has 0 saturated carbocycles. The van der Waals surface area contributed by atoms with Crippen LogP contribution in [0.3, 0.4) is 0 Å². The topological polar surface area (TPSA) is 132 Å². The molecular weight excluding hydrogens is 430 g/mol. The number of methoxy groups -OCH3 is 4. The van der Waals surface area contributed by atoms with E-state index >= 15 is 0 Å². The summed E-state index contributed by atoms with van der Waals surface area (Å²) in [6, 6.07) is 8.92. The number of nitrogens with two attached hydrogens (primary N) is 3.